The molecular formula is C33H36ClN5O2S. The van der Waals surface area contributed by atoms with Crippen molar-refractivity contribution in [3.63, 3.8) is 0 Å². The van der Waals surface area contributed by atoms with Crippen LogP contribution in [0.15, 0.2) is 102 Å². The number of nitrogens with zero attached hydrogens (tertiary/aromatic N) is 3. The molecule has 0 radical (unpaired) electrons. The molecule has 0 bridgehead atoms. The molecule has 1 aliphatic carbocycles. The highest BCUT2D eigenvalue weighted by Gasteiger charge is 2.28. The summed E-state index contributed by atoms with van der Waals surface area (Å²) >= 11 is 0. The summed E-state index contributed by atoms with van der Waals surface area (Å²) in [7, 11) is -1.86. The summed E-state index contributed by atoms with van der Waals surface area (Å²) in [5, 5.41) is 9.61. The molecule has 0 spiro atoms. The fourth-order valence-corrected chi connectivity index (χ4v) is 7.27. The summed E-state index contributed by atoms with van der Waals surface area (Å²) in [6, 6.07) is 31.2. The van der Waals surface area contributed by atoms with Crippen LogP contribution < -0.4 is 10.6 Å². The molecule has 0 unspecified atom stereocenters. The predicted molar refractivity (Wildman–Crippen MR) is 174 cm³/mol. The maximum absolute atomic E-state index is 13.5. The Kier molecular flexibility index (Phi) is 9.26. The number of halogens is 1. The fourth-order valence-electron chi connectivity index (χ4n) is 5.81. The second-order valence-corrected chi connectivity index (χ2v) is 12.9. The molecule has 1 aromatic heterocycles. The van der Waals surface area contributed by atoms with Crippen molar-refractivity contribution in [1.82, 2.24) is 14.3 Å². The van der Waals surface area contributed by atoms with Crippen LogP contribution in [-0.4, -0.2) is 42.8 Å². The lowest BCUT2D eigenvalue weighted by Crippen LogP contribution is -2.34. The van der Waals surface area contributed by atoms with Crippen LogP contribution in [0.4, 0.5) is 17.5 Å². The lowest BCUT2D eigenvalue weighted by molar-refractivity contribution is 0.251. The van der Waals surface area contributed by atoms with E-state index in [0.29, 0.717) is 29.2 Å². The molecule has 1 heterocycles. The Morgan fingerprint density at radius 2 is 1.40 bits per heavy atom. The van der Waals surface area contributed by atoms with Crippen LogP contribution in [0.2, 0.25) is 0 Å². The van der Waals surface area contributed by atoms with Gasteiger partial charge in [0.25, 0.3) is 0 Å². The van der Waals surface area contributed by atoms with Gasteiger partial charge in [0.1, 0.15) is 5.82 Å². The van der Waals surface area contributed by atoms with Crippen LogP contribution in [0.25, 0.3) is 21.7 Å². The topological polar surface area (TPSA) is 87.2 Å². The van der Waals surface area contributed by atoms with Crippen molar-refractivity contribution in [2.24, 2.45) is 11.8 Å². The van der Waals surface area contributed by atoms with Gasteiger partial charge in [0.15, 0.2) is 0 Å². The van der Waals surface area contributed by atoms with E-state index in [0.717, 1.165) is 65.4 Å². The molecule has 9 heteroatoms. The van der Waals surface area contributed by atoms with Crippen LogP contribution in [-0.2, 0) is 10.0 Å². The average molecular weight is 602 g/mol. The third-order valence-corrected chi connectivity index (χ3v) is 9.99. The Morgan fingerprint density at radius 1 is 0.762 bits per heavy atom. The first-order valence-electron chi connectivity index (χ1n) is 14.2. The van der Waals surface area contributed by atoms with Gasteiger partial charge in [0.2, 0.25) is 16.0 Å². The van der Waals surface area contributed by atoms with Gasteiger partial charge in [-0.1, -0.05) is 66.7 Å². The summed E-state index contributed by atoms with van der Waals surface area (Å²) in [5.41, 5.74) is 1.87. The predicted octanol–water partition coefficient (Wildman–Crippen LogP) is 7.49. The zero-order valence-electron chi connectivity index (χ0n) is 23.6. The van der Waals surface area contributed by atoms with Crippen molar-refractivity contribution in [3.8, 4) is 0 Å². The lowest BCUT2D eigenvalue weighted by Gasteiger charge is -2.31. The largest absolute Gasteiger partial charge is 0.354 e. The quantitative estimate of drug-likeness (QED) is 0.182. The number of hydrogen-bond acceptors (Lipinski definition) is 6. The highest BCUT2D eigenvalue weighted by molar-refractivity contribution is 7.89. The first kappa shape index (κ1) is 29.8. The standard InChI is InChI=1S/C33H35N5O2S.ClH/c1-38(41(39,40)31-17-9-11-26-10-5-6-14-28(26)31)23-25-20-18-24(19-21-25)22-34-33-36-30-16-8-7-15-29(30)32(37-33)35-27-12-3-2-4-13-27;/h2-17,24-25H,18-23H2,1H3,(H2,34,35,36,37);1H. The summed E-state index contributed by atoms with van der Waals surface area (Å²) in [4.78, 5) is 9.95. The molecule has 2 N–H and O–H groups in total. The Labute approximate surface area is 253 Å². The minimum absolute atomic E-state index is 0. The zero-order valence-corrected chi connectivity index (χ0v) is 25.2. The van der Waals surface area contributed by atoms with Gasteiger partial charge in [-0.05, 0) is 73.2 Å². The number of para-hydroxylation sites is 2. The molecule has 0 amide bonds. The van der Waals surface area contributed by atoms with E-state index in [1.807, 2.05) is 91.0 Å². The summed E-state index contributed by atoms with van der Waals surface area (Å²) < 4.78 is 28.5. The smallest absolute Gasteiger partial charge is 0.243 e. The van der Waals surface area contributed by atoms with Crippen molar-refractivity contribution in [1.29, 1.82) is 0 Å². The molecule has 0 saturated heterocycles. The van der Waals surface area contributed by atoms with Crippen molar-refractivity contribution in [3.05, 3.63) is 97.1 Å². The number of sulfonamides is 1. The molecule has 4 aromatic carbocycles. The molecule has 0 atom stereocenters. The van der Waals surface area contributed by atoms with Crippen molar-refractivity contribution >= 4 is 61.6 Å². The van der Waals surface area contributed by atoms with E-state index < -0.39 is 10.0 Å². The molecule has 218 valence electrons. The molecule has 42 heavy (non-hydrogen) atoms. The lowest BCUT2D eigenvalue weighted by atomic mass is 9.82. The minimum Gasteiger partial charge on any atom is -0.354 e. The van der Waals surface area contributed by atoms with Gasteiger partial charge < -0.3 is 10.6 Å². The van der Waals surface area contributed by atoms with Crippen LogP contribution in [0, 0.1) is 11.8 Å². The van der Waals surface area contributed by atoms with Crippen molar-refractivity contribution < 1.29 is 8.42 Å². The fraction of sp³-hybridized carbons (Fsp3) is 0.273. The Bertz CT molecular complexity index is 1750. The number of aromatic nitrogens is 2. The number of fused-ring (bicyclic) bond motifs is 2. The molecule has 6 rings (SSSR count). The zero-order chi connectivity index (χ0) is 28.2. The summed E-state index contributed by atoms with van der Waals surface area (Å²) in [6.45, 7) is 1.33. The Hall–Kier alpha value is -3.72. The average Bonchev–Trinajstić information content (AvgIpc) is 3.01. The van der Waals surface area contributed by atoms with Gasteiger partial charge in [-0.3, -0.25) is 0 Å². The van der Waals surface area contributed by atoms with Gasteiger partial charge in [-0.25, -0.2) is 17.7 Å². The highest BCUT2D eigenvalue weighted by Crippen LogP contribution is 2.32. The van der Waals surface area contributed by atoms with E-state index in [4.69, 9.17) is 9.97 Å². The first-order valence-corrected chi connectivity index (χ1v) is 15.7. The summed E-state index contributed by atoms with van der Waals surface area (Å²) in [6.07, 6.45) is 4.09. The number of rotatable bonds is 9. The van der Waals surface area contributed by atoms with Crippen LogP contribution in [0.3, 0.4) is 0 Å². The molecule has 7 nitrogen and oxygen atoms in total. The van der Waals surface area contributed by atoms with Crippen molar-refractivity contribution in [2.45, 2.75) is 30.6 Å². The normalized spacial score (nSPS) is 17.2. The Balaban J connectivity index is 0.00000353. The number of anilines is 3. The first-order chi connectivity index (χ1) is 20.0. The number of benzene rings is 4. The van der Waals surface area contributed by atoms with Crippen LogP contribution in [0.1, 0.15) is 25.7 Å². The SMILES string of the molecule is CN(CC1CCC(CNc2nc(Nc3ccccc3)c3ccccc3n2)CC1)S(=O)(=O)c1cccc2ccccc12.Cl. The van der Waals surface area contributed by atoms with E-state index >= 15 is 0 Å². The van der Waals surface area contributed by atoms with E-state index in [-0.39, 0.29) is 12.4 Å². The molecule has 5 aromatic rings. The molecule has 1 fully saturated rings. The van der Waals surface area contributed by atoms with Crippen LogP contribution >= 0.6 is 12.4 Å². The third-order valence-electron chi connectivity index (χ3n) is 8.11. The second-order valence-electron chi connectivity index (χ2n) is 10.9. The maximum Gasteiger partial charge on any atom is 0.243 e. The van der Waals surface area contributed by atoms with Gasteiger partial charge in [-0.15, -0.1) is 12.4 Å². The van der Waals surface area contributed by atoms with E-state index in [1.165, 1.54) is 0 Å². The van der Waals surface area contributed by atoms with Crippen LogP contribution in [0.5, 0.6) is 0 Å². The van der Waals surface area contributed by atoms with Gasteiger partial charge in [0.05, 0.1) is 10.4 Å². The monoisotopic (exact) mass is 601 g/mol. The molecule has 1 saturated carbocycles. The second kappa shape index (κ2) is 13.1. The van der Waals surface area contributed by atoms with E-state index in [1.54, 1.807) is 17.4 Å². The Morgan fingerprint density at radius 3 is 2.19 bits per heavy atom. The maximum atomic E-state index is 13.5. The highest BCUT2D eigenvalue weighted by atomic mass is 35.5. The summed E-state index contributed by atoms with van der Waals surface area (Å²) in [5.74, 6) is 2.24. The van der Waals surface area contributed by atoms with E-state index in [2.05, 4.69) is 10.6 Å². The van der Waals surface area contributed by atoms with Gasteiger partial charge in [0, 0.05) is 36.6 Å². The third kappa shape index (κ3) is 6.51. The number of nitrogens with one attached hydrogen (secondary N) is 2. The number of hydrogen-bond donors (Lipinski definition) is 2. The van der Waals surface area contributed by atoms with Gasteiger partial charge in [-0.2, -0.15) is 4.98 Å². The van der Waals surface area contributed by atoms with E-state index in [9.17, 15) is 8.42 Å². The minimum atomic E-state index is -3.57. The molecule has 1 aliphatic rings. The van der Waals surface area contributed by atoms with Crippen molar-refractivity contribution in [2.75, 3.05) is 30.8 Å². The molecular weight excluding hydrogens is 566 g/mol. The molecule has 0 aliphatic heterocycles. The van der Waals surface area contributed by atoms with Gasteiger partial charge >= 0.3 is 0 Å².